The van der Waals surface area contributed by atoms with Crippen molar-refractivity contribution in [3.63, 3.8) is 0 Å². The first-order chi connectivity index (χ1) is 9.56. The molecule has 0 spiro atoms. The minimum absolute atomic E-state index is 0.0862. The molecule has 0 atom stereocenters. The van der Waals surface area contributed by atoms with Crippen molar-refractivity contribution in [2.45, 2.75) is 0 Å². The number of benzene rings is 2. The summed E-state index contributed by atoms with van der Waals surface area (Å²) in [6, 6.07) is 8.62. The van der Waals surface area contributed by atoms with Gasteiger partial charge in [0.25, 0.3) is 0 Å². The topological polar surface area (TPSA) is 90.9 Å². The van der Waals surface area contributed by atoms with E-state index >= 15 is 0 Å². The van der Waals surface area contributed by atoms with Crippen molar-refractivity contribution >= 4 is 17.3 Å². The summed E-state index contributed by atoms with van der Waals surface area (Å²) in [4.78, 5) is 10.8. The van der Waals surface area contributed by atoms with Gasteiger partial charge >= 0.3 is 0 Å². The molecule has 0 fully saturated rings. The van der Waals surface area contributed by atoms with Crippen LogP contribution in [0.2, 0.25) is 0 Å². The largest absolute Gasteiger partial charge is 0.508 e. The summed E-state index contributed by atoms with van der Waals surface area (Å²) in [7, 11) is 0. The van der Waals surface area contributed by atoms with Crippen LogP contribution in [0.25, 0.3) is 22.3 Å². The molecule has 2 aromatic carbocycles. The van der Waals surface area contributed by atoms with Crippen molar-refractivity contribution in [2.75, 3.05) is 0 Å². The second kappa shape index (κ2) is 4.31. The normalized spacial score (nSPS) is 10.8. The van der Waals surface area contributed by atoms with Gasteiger partial charge in [-0.1, -0.05) is 0 Å². The van der Waals surface area contributed by atoms with Crippen LogP contribution in [0.3, 0.4) is 0 Å². The Kier molecular flexibility index (Phi) is 2.61. The molecule has 3 N–H and O–H groups in total. The van der Waals surface area contributed by atoms with E-state index in [1.165, 1.54) is 30.3 Å². The molecule has 0 amide bonds. The molecule has 0 radical (unpaired) electrons. The van der Waals surface area contributed by atoms with Crippen LogP contribution in [-0.2, 0) is 0 Å². The maximum atomic E-state index is 10.8. The number of aldehydes is 1. The van der Waals surface area contributed by atoms with E-state index in [-0.39, 0.29) is 22.8 Å². The summed E-state index contributed by atoms with van der Waals surface area (Å²) in [5.41, 5.74) is 1.07. The Hall–Kier alpha value is -2.95. The fraction of sp³-hybridized carbons (Fsp3) is 0. The van der Waals surface area contributed by atoms with Gasteiger partial charge in [0, 0.05) is 23.1 Å². The average Bonchev–Trinajstić information content (AvgIpc) is 2.79. The minimum Gasteiger partial charge on any atom is -0.508 e. The molecule has 100 valence electrons. The van der Waals surface area contributed by atoms with Gasteiger partial charge in [-0.15, -0.1) is 0 Å². The monoisotopic (exact) mass is 270 g/mol. The van der Waals surface area contributed by atoms with Gasteiger partial charge in [-0.25, -0.2) is 0 Å². The molecule has 5 nitrogen and oxygen atoms in total. The highest BCUT2D eigenvalue weighted by atomic mass is 16.3. The molecule has 0 bridgehead atoms. The molecule has 0 saturated heterocycles. The van der Waals surface area contributed by atoms with Crippen molar-refractivity contribution < 1.29 is 24.5 Å². The number of phenols is 3. The summed E-state index contributed by atoms with van der Waals surface area (Å²) >= 11 is 0. The molecular weight excluding hydrogens is 260 g/mol. The van der Waals surface area contributed by atoms with Crippen LogP contribution in [0.4, 0.5) is 0 Å². The first kappa shape index (κ1) is 12.1. The third kappa shape index (κ3) is 1.95. The van der Waals surface area contributed by atoms with Crippen molar-refractivity contribution in [3.8, 4) is 28.6 Å². The SMILES string of the molecule is O=Cc1cc2cc(-c3cc(O)cc(O)c3)oc2cc1O. The molecule has 0 unspecified atom stereocenters. The van der Waals surface area contributed by atoms with Crippen molar-refractivity contribution in [2.24, 2.45) is 0 Å². The molecule has 0 aliphatic heterocycles. The van der Waals surface area contributed by atoms with Crippen LogP contribution in [0.5, 0.6) is 17.2 Å². The Morgan fingerprint density at radius 1 is 0.900 bits per heavy atom. The number of phenolic OH excluding ortho intramolecular Hbond substituents is 3. The summed E-state index contributed by atoms with van der Waals surface area (Å²) in [5.74, 6) is 0.0783. The van der Waals surface area contributed by atoms with E-state index in [1.807, 2.05) is 0 Å². The second-order valence-electron chi connectivity index (χ2n) is 4.42. The van der Waals surface area contributed by atoms with E-state index in [2.05, 4.69) is 0 Å². The number of carbonyl (C=O) groups is 1. The molecular formula is C15H10O5. The second-order valence-corrected chi connectivity index (χ2v) is 4.42. The molecule has 0 aliphatic rings. The highest BCUT2D eigenvalue weighted by Crippen LogP contribution is 2.34. The highest BCUT2D eigenvalue weighted by Gasteiger charge is 2.11. The lowest BCUT2D eigenvalue weighted by atomic mass is 10.1. The maximum absolute atomic E-state index is 10.8. The lowest BCUT2D eigenvalue weighted by Gasteiger charge is -1.99. The molecule has 20 heavy (non-hydrogen) atoms. The number of hydrogen-bond acceptors (Lipinski definition) is 5. The fourth-order valence-corrected chi connectivity index (χ4v) is 2.07. The Labute approximate surface area is 113 Å². The number of hydrogen-bond donors (Lipinski definition) is 3. The van der Waals surface area contributed by atoms with E-state index in [0.29, 0.717) is 28.6 Å². The minimum atomic E-state index is -0.160. The zero-order valence-corrected chi connectivity index (χ0v) is 10.2. The molecule has 0 aliphatic carbocycles. The number of furan rings is 1. The van der Waals surface area contributed by atoms with E-state index in [4.69, 9.17) is 4.42 Å². The van der Waals surface area contributed by atoms with Crippen molar-refractivity contribution in [1.82, 2.24) is 0 Å². The van der Waals surface area contributed by atoms with E-state index in [0.717, 1.165) is 0 Å². The number of rotatable bonds is 2. The Bertz CT molecular complexity index is 796. The van der Waals surface area contributed by atoms with Gasteiger partial charge in [-0.2, -0.15) is 0 Å². The zero-order valence-electron chi connectivity index (χ0n) is 10.2. The van der Waals surface area contributed by atoms with Crippen LogP contribution in [0, 0.1) is 0 Å². The number of fused-ring (bicyclic) bond motifs is 1. The predicted octanol–water partition coefficient (Wildman–Crippen LogP) is 3.03. The number of aromatic hydroxyl groups is 3. The third-order valence-corrected chi connectivity index (χ3v) is 2.98. The molecule has 1 aromatic heterocycles. The van der Waals surface area contributed by atoms with Gasteiger partial charge in [0.1, 0.15) is 28.6 Å². The Balaban J connectivity index is 2.19. The fourth-order valence-electron chi connectivity index (χ4n) is 2.07. The quantitative estimate of drug-likeness (QED) is 0.622. The van der Waals surface area contributed by atoms with E-state index in [1.54, 1.807) is 6.07 Å². The first-order valence-corrected chi connectivity index (χ1v) is 5.82. The van der Waals surface area contributed by atoms with Gasteiger partial charge in [0.2, 0.25) is 0 Å². The average molecular weight is 270 g/mol. The predicted molar refractivity (Wildman–Crippen MR) is 72.0 cm³/mol. The van der Waals surface area contributed by atoms with Gasteiger partial charge in [-0.3, -0.25) is 4.79 Å². The molecule has 3 aromatic rings. The lowest BCUT2D eigenvalue weighted by molar-refractivity contribution is 0.112. The number of carbonyl (C=O) groups excluding carboxylic acids is 1. The smallest absolute Gasteiger partial charge is 0.153 e. The van der Waals surface area contributed by atoms with Crippen LogP contribution in [0.1, 0.15) is 10.4 Å². The standard InChI is InChI=1S/C15H10O5/c16-7-10-1-8-4-14(20-15(8)6-13(10)19)9-2-11(17)5-12(18)3-9/h1-7,17-19H. The van der Waals surface area contributed by atoms with E-state index < -0.39 is 0 Å². The third-order valence-electron chi connectivity index (χ3n) is 2.98. The van der Waals surface area contributed by atoms with Crippen molar-refractivity contribution in [1.29, 1.82) is 0 Å². The van der Waals surface area contributed by atoms with Crippen molar-refractivity contribution in [3.05, 3.63) is 42.0 Å². The first-order valence-electron chi connectivity index (χ1n) is 5.82. The van der Waals surface area contributed by atoms with Gasteiger partial charge in [0.15, 0.2) is 6.29 Å². The summed E-state index contributed by atoms with van der Waals surface area (Å²) in [5, 5.41) is 29.2. The summed E-state index contributed by atoms with van der Waals surface area (Å²) in [6.45, 7) is 0. The van der Waals surface area contributed by atoms with Crippen LogP contribution < -0.4 is 0 Å². The van der Waals surface area contributed by atoms with Gasteiger partial charge in [0.05, 0.1) is 5.56 Å². The lowest BCUT2D eigenvalue weighted by Crippen LogP contribution is -1.79. The summed E-state index contributed by atoms with van der Waals surface area (Å²) < 4.78 is 5.55. The van der Waals surface area contributed by atoms with Gasteiger partial charge in [-0.05, 0) is 24.3 Å². The molecule has 1 heterocycles. The van der Waals surface area contributed by atoms with Crippen LogP contribution in [-0.4, -0.2) is 21.6 Å². The maximum Gasteiger partial charge on any atom is 0.153 e. The summed E-state index contributed by atoms with van der Waals surface area (Å²) in [6.07, 6.45) is 0.557. The molecule has 3 rings (SSSR count). The van der Waals surface area contributed by atoms with Crippen LogP contribution in [0.15, 0.2) is 40.8 Å². The highest BCUT2D eigenvalue weighted by molar-refractivity contribution is 5.91. The molecule has 5 heteroatoms. The van der Waals surface area contributed by atoms with Gasteiger partial charge < -0.3 is 19.7 Å². The zero-order chi connectivity index (χ0) is 14.3. The Morgan fingerprint density at radius 2 is 1.60 bits per heavy atom. The van der Waals surface area contributed by atoms with E-state index in [9.17, 15) is 20.1 Å². The van der Waals surface area contributed by atoms with Crippen LogP contribution >= 0.6 is 0 Å². The Morgan fingerprint density at radius 3 is 2.25 bits per heavy atom. The molecule has 0 saturated carbocycles.